The predicted octanol–water partition coefficient (Wildman–Crippen LogP) is 2.23. The lowest BCUT2D eigenvalue weighted by Crippen LogP contribution is -2.48. The summed E-state index contributed by atoms with van der Waals surface area (Å²) < 4.78 is 13.1. The molecule has 2 amide bonds. The number of aromatic nitrogens is 1. The van der Waals surface area contributed by atoms with Crippen LogP contribution >= 0.6 is 11.8 Å². The zero-order chi connectivity index (χ0) is 21.1. The number of morpholine rings is 2. The van der Waals surface area contributed by atoms with E-state index >= 15 is 0 Å². The molecular weight excluding hydrogens is 402 g/mol. The highest BCUT2D eigenvalue weighted by atomic mass is 32.2. The third kappa shape index (κ3) is 4.82. The molecule has 0 bridgehead atoms. The summed E-state index contributed by atoms with van der Waals surface area (Å²) in [6.45, 7) is 8.06. The Hall–Kier alpha value is -2.03. The lowest BCUT2D eigenvalue weighted by atomic mass is 10.2. The van der Waals surface area contributed by atoms with Crippen LogP contribution in [0.15, 0.2) is 35.4 Å². The number of thioether (sulfide) groups is 1. The highest BCUT2D eigenvalue weighted by Gasteiger charge is 2.26. The molecular formula is C22H29N3O4S. The minimum Gasteiger partial charge on any atom is -0.378 e. The van der Waals surface area contributed by atoms with Gasteiger partial charge in [-0.15, -0.1) is 11.8 Å². The van der Waals surface area contributed by atoms with Crippen molar-refractivity contribution in [3.8, 4) is 0 Å². The van der Waals surface area contributed by atoms with Gasteiger partial charge in [0.2, 0.25) is 11.8 Å². The molecule has 2 aliphatic heterocycles. The van der Waals surface area contributed by atoms with E-state index in [4.69, 9.17) is 9.47 Å². The van der Waals surface area contributed by atoms with Gasteiger partial charge in [0.05, 0.1) is 31.2 Å². The van der Waals surface area contributed by atoms with Crippen molar-refractivity contribution in [2.24, 2.45) is 0 Å². The van der Waals surface area contributed by atoms with Crippen LogP contribution < -0.4 is 0 Å². The quantitative estimate of drug-likeness (QED) is 0.680. The zero-order valence-electron chi connectivity index (χ0n) is 17.6. The number of carbonyl (C=O) groups is 2. The van der Waals surface area contributed by atoms with Crippen molar-refractivity contribution in [1.82, 2.24) is 14.4 Å². The van der Waals surface area contributed by atoms with Crippen molar-refractivity contribution in [1.29, 1.82) is 0 Å². The van der Waals surface area contributed by atoms with Crippen LogP contribution in [0.2, 0.25) is 0 Å². The molecule has 0 spiro atoms. The summed E-state index contributed by atoms with van der Waals surface area (Å²) in [5.41, 5.74) is 1.02. The van der Waals surface area contributed by atoms with E-state index in [0.29, 0.717) is 51.7 Å². The van der Waals surface area contributed by atoms with Gasteiger partial charge in [-0.25, -0.2) is 0 Å². The molecule has 2 fully saturated rings. The van der Waals surface area contributed by atoms with Crippen LogP contribution in [0.1, 0.15) is 13.8 Å². The standard InChI is InChI=1S/C22H29N3O4S/c1-16-11-25(12-17(2)29-16)22(27)15-30-20-13-24(19-6-4-3-5-18(19)20)14-21(26)23-7-9-28-10-8-23/h3-6,13,16-17H,7-12,14-15H2,1-2H3/t16-,17+. The van der Waals surface area contributed by atoms with E-state index in [2.05, 4.69) is 6.07 Å². The molecule has 0 N–H and O–H groups in total. The van der Waals surface area contributed by atoms with Crippen molar-refractivity contribution >= 4 is 34.5 Å². The van der Waals surface area contributed by atoms with E-state index < -0.39 is 0 Å². The van der Waals surface area contributed by atoms with E-state index in [0.717, 1.165) is 15.8 Å². The van der Waals surface area contributed by atoms with Gasteiger partial charge in [-0.05, 0) is 19.9 Å². The summed E-state index contributed by atoms with van der Waals surface area (Å²) in [7, 11) is 0. The van der Waals surface area contributed by atoms with Crippen LogP contribution in [-0.4, -0.2) is 83.5 Å². The maximum Gasteiger partial charge on any atom is 0.242 e. The lowest BCUT2D eigenvalue weighted by molar-refractivity contribution is -0.140. The van der Waals surface area contributed by atoms with Crippen molar-refractivity contribution in [3.05, 3.63) is 30.5 Å². The summed E-state index contributed by atoms with van der Waals surface area (Å²) >= 11 is 1.54. The molecule has 162 valence electrons. The number of amides is 2. The van der Waals surface area contributed by atoms with E-state index in [9.17, 15) is 9.59 Å². The van der Waals surface area contributed by atoms with Crippen LogP contribution in [0.25, 0.3) is 10.9 Å². The molecule has 2 saturated heterocycles. The Morgan fingerprint density at radius 2 is 1.73 bits per heavy atom. The topological polar surface area (TPSA) is 64.0 Å². The van der Waals surface area contributed by atoms with Gasteiger partial charge in [0.1, 0.15) is 6.54 Å². The Morgan fingerprint density at radius 1 is 1.03 bits per heavy atom. The summed E-state index contributed by atoms with van der Waals surface area (Å²) in [5, 5.41) is 1.08. The molecule has 30 heavy (non-hydrogen) atoms. The van der Waals surface area contributed by atoms with Crippen LogP contribution in [0.3, 0.4) is 0 Å². The van der Waals surface area contributed by atoms with Gasteiger partial charge in [0.25, 0.3) is 0 Å². The van der Waals surface area contributed by atoms with Gasteiger partial charge in [0, 0.05) is 48.2 Å². The zero-order valence-corrected chi connectivity index (χ0v) is 18.4. The van der Waals surface area contributed by atoms with Gasteiger partial charge in [-0.1, -0.05) is 18.2 Å². The van der Waals surface area contributed by atoms with Crippen LogP contribution in [-0.2, 0) is 25.6 Å². The fourth-order valence-electron chi connectivity index (χ4n) is 4.13. The second-order valence-electron chi connectivity index (χ2n) is 7.98. The summed E-state index contributed by atoms with van der Waals surface area (Å²) in [4.78, 5) is 30.3. The molecule has 0 radical (unpaired) electrons. The maximum atomic E-state index is 12.8. The number of rotatable bonds is 5. The van der Waals surface area contributed by atoms with Gasteiger partial charge in [-0.3, -0.25) is 9.59 Å². The van der Waals surface area contributed by atoms with E-state index in [-0.39, 0.29) is 24.0 Å². The third-order valence-electron chi connectivity index (χ3n) is 5.54. The van der Waals surface area contributed by atoms with Crippen molar-refractivity contribution in [2.75, 3.05) is 45.1 Å². The number of para-hydroxylation sites is 1. The molecule has 8 heteroatoms. The normalized spacial score (nSPS) is 22.5. The first-order valence-electron chi connectivity index (χ1n) is 10.5. The first-order chi connectivity index (χ1) is 14.5. The monoisotopic (exact) mass is 431 g/mol. The minimum absolute atomic E-state index is 0.0656. The average Bonchev–Trinajstić information content (AvgIpc) is 3.09. The number of hydrogen-bond acceptors (Lipinski definition) is 5. The Bertz CT molecular complexity index is 899. The molecule has 4 rings (SSSR count). The SMILES string of the molecule is C[C@@H]1CN(C(=O)CSc2cn(CC(=O)N3CCOCC3)c3ccccc23)C[C@H](C)O1. The van der Waals surface area contributed by atoms with Crippen LogP contribution in [0, 0.1) is 0 Å². The second kappa shape index (κ2) is 9.41. The first-order valence-corrected chi connectivity index (χ1v) is 11.5. The fourth-order valence-corrected chi connectivity index (χ4v) is 5.12. The Morgan fingerprint density at radius 3 is 2.47 bits per heavy atom. The van der Waals surface area contributed by atoms with E-state index in [1.54, 1.807) is 0 Å². The summed E-state index contributed by atoms with van der Waals surface area (Å²) in [6, 6.07) is 8.05. The largest absolute Gasteiger partial charge is 0.378 e. The van der Waals surface area contributed by atoms with Gasteiger partial charge in [0.15, 0.2) is 0 Å². The van der Waals surface area contributed by atoms with Crippen molar-refractivity contribution in [2.45, 2.75) is 37.5 Å². The van der Waals surface area contributed by atoms with Crippen molar-refractivity contribution < 1.29 is 19.1 Å². The van der Waals surface area contributed by atoms with Gasteiger partial charge in [-0.2, -0.15) is 0 Å². The molecule has 0 unspecified atom stereocenters. The molecule has 2 aliphatic rings. The second-order valence-corrected chi connectivity index (χ2v) is 8.99. The third-order valence-corrected chi connectivity index (χ3v) is 6.57. The maximum absolute atomic E-state index is 12.8. The summed E-state index contributed by atoms with van der Waals surface area (Å²) in [5.74, 6) is 0.608. The molecule has 2 atom stereocenters. The molecule has 7 nitrogen and oxygen atoms in total. The molecule has 2 aromatic rings. The smallest absolute Gasteiger partial charge is 0.242 e. The molecule has 1 aromatic heterocycles. The number of ether oxygens (including phenoxy) is 2. The molecule has 0 saturated carbocycles. The number of fused-ring (bicyclic) bond motifs is 1. The highest BCUT2D eigenvalue weighted by molar-refractivity contribution is 8.00. The first kappa shape index (κ1) is 21.2. The van der Waals surface area contributed by atoms with Crippen molar-refractivity contribution in [3.63, 3.8) is 0 Å². The van der Waals surface area contributed by atoms with Crippen LogP contribution in [0.4, 0.5) is 0 Å². The fraction of sp³-hybridized carbons (Fsp3) is 0.545. The molecule has 0 aliphatic carbocycles. The minimum atomic E-state index is 0.0656. The predicted molar refractivity (Wildman–Crippen MR) is 117 cm³/mol. The lowest BCUT2D eigenvalue weighted by Gasteiger charge is -2.35. The number of hydrogen-bond donors (Lipinski definition) is 0. The van der Waals surface area contributed by atoms with E-state index in [1.807, 2.05) is 52.6 Å². The number of benzene rings is 1. The molecule has 1 aromatic carbocycles. The highest BCUT2D eigenvalue weighted by Crippen LogP contribution is 2.30. The Kier molecular flexibility index (Phi) is 6.65. The molecule has 3 heterocycles. The average molecular weight is 432 g/mol. The van der Waals surface area contributed by atoms with Crippen LogP contribution in [0.5, 0.6) is 0 Å². The Balaban J connectivity index is 1.45. The Labute approximate surface area is 181 Å². The number of carbonyl (C=O) groups excluding carboxylic acids is 2. The summed E-state index contributed by atoms with van der Waals surface area (Å²) in [6.07, 6.45) is 2.14. The van der Waals surface area contributed by atoms with Gasteiger partial charge >= 0.3 is 0 Å². The number of nitrogens with zero attached hydrogens (tertiary/aromatic N) is 3. The van der Waals surface area contributed by atoms with E-state index in [1.165, 1.54) is 11.8 Å². The van der Waals surface area contributed by atoms with Gasteiger partial charge < -0.3 is 23.8 Å².